The third kappa shape index (κ3) is 3.09. The maximum absolute atomic E-state index is 4.56. The van der Waals surface area contributed by atoms with Gasteiger partial charge in [0.05, 0.1) is 22.4 Å². The summed E-state index contributed by atoms with van der Waals surface area (Å²) in [5.74, 6) is 0. The number of hydrogen-bond donors (Lipinski definition) is 1. The van der Waals surface area contributed by atoms with Gasteiger partial charge in [-0.25, -0.2) is 0 Å². The summed E-state index contributed by atoms with van der Waals surface area (Å²) in [5, 5.41) is 8.11. The highest BCUT2D eigenvalue weighted by Crippen LogP contribution is 2.24. The fourth-order valence-electron chi connectivity index (χ4n) is 2.11. The van der Waals surface area contributed by atoms with Crippen LogP contribution in [0.2, 0.25) is 0 Å². The van der Waals surface area contributed by atoms with Crippen molar-refractivity contribution in [2.75, 3.05) is 0 Å². The second-order valence-corrected chi connectivity index (χ2v) is 7.21. The van der Waals surface area contributed by atoms with Crippen LogP contribution >= 0.6 is 27.3 Å². The second-order valence-electron chi connectivity index (χ2n) is 5.17. The van der Waals surface area contributed by atoms with E-state index in [1.807, 2.05) is 18.3 Å². The van der Waals surface area contributed by atoms with Crippen LogP contribution in [0.25, 0.3) is 0 Å². The van der Waals surface area contributed by atoms with Crippen LogP contribution in [0.4, 0.5) is 0 Å². The van der Waals surface area contributed by atoms with Crippen molar-refractivity contribution >= 4 is 27.3 Å². The molecule has 1 aliphatic carbocycles. The molecule has 5 heteroatoms. The Morgan fingerprint density at radius 1 is 1.37 bits per heavy atom. The third-order valence-corrected chi connectivity index (χ3v) is 5.68. The van der Waals surface area contributed by atoms with Crippen molar-refractivity contribution in [2.24, 2.45) is 0 Å². The number of nitrogens with one attached hydrogen (secondary N) is 1. The minimum atomic E-state index is 0.775. The highest BCUT2D eigenvalue weighted by atomic mass is 79.9. The molecule has 102 valence electrons. The van der Waals surface area contributed by atoms with E-state index < -0.39 is 0 Å². The normalized spacial score (nSPS) is 15.1. The predicted molar refractivity (Wildman–Crippen MR) is 82.7 cm³/mol. The van der Waals surface area contributed by atoms with E-state index in [9.17, 15) is 0 Å². The molecule has 1 saturated carbocycles. The number of halogens is 1. The van der Waals surface area contributed by atoms with Crippen LogP contribution in [0.3, 0.4) is 0 Å². The Kier molecular flexibility index (Phi) is 3.78. The second kappa shape index (κ2) is 5.38. The summed E-state index contributed by atoms with van der Waals surface area (Å²) in [5.41, 5.74) is 2.26. The predicted octanol–water partition coefficient (Wildman–Crippen LogP) is 3.62. The van der Waals surface area contributed by atoms with Crippen LogP contribution in [-0.2, 0) is 13.1 Å². The van der Waals surface area contributed by atoms with Crippen LogP contribution in [0.1, 0.15) is 34.0 Å². The van der Waals surface area contributed by atoms with Crippen molar-refractivity contribution in [1.29, 1.82) is 0 Å². The summed E-state index contributed by atoms with van der Waals surface area (Å²) in [4.78, 5) is 2.79. The van der Waals surface area contributed by atoms with E-state index in [-0.39, 0.29) is 0 Å². The minimum absolute atomic E-state index is 0.775. The van der Waals surface area contributed by atoms with E-state index in [2.05, 4.69) is 50.1 Å². The summed E-state index contributed by atoms with van der Waals surface area (Å²) in [7, 11) is 0. The van der Waals surface area contributed by atoms with E-state index in [4.69, 9.17) is 0 Å². The van der Waals surface area contributed by atoms with Gasteiger partial charge in [-0.15, -0.1) is 11.3 Å². The maximum atomic E-state index is 4.56. The smallest absolute Gasteiger partial charge is 0.0755 e. The van der Waals surface area contributed by atoms with Gasteiger partial charge < -0.3 is 5.32 Å². The topological polar surface area (TPSA) is 29.9 Å². The van der Waals surface area contributed by atoms with Gasteiger partial charge >= 0.3 is 0 Å². The first-order valence-electron chi connectivity index (χ1n) is 6.64. The standard InChI is InChI=1S/C14H18BrN3S/c1-9-14(15)10(2)18(17-9)8-13-6-5-12(19-13)7-16-11-3-4-11/h5-6,11,16H,3-4,7-8H2,1-2H3. The first-order chi connectivity index (χ1) is 9.13. The van der Waals surface area contributed by atoms with Gasteiger partial charge in [0.1, 0.15) is 0 Å². The highest BCUT2D eigenvalue weighted by molar-refractivity contribution is 9.10. The molecule has 0 unspecified atom stereocenters. The van der Waals surface area contributed by atoms with Crippen molar-refractivity contribution in [1.82, 2.24) is 15.1 Å². The zero-order valence-electron chi connectivity index (χ0n) is 11.2. The van der Waals surface area contributed by atoms with Crippen LogP contribution in [0, 0.1) is 13.8 Å². The minimum Gasteiger partial charge on any atom is -0.309 e. The maximum Gasteiger partial charge on any atom is 0.0755 e. The van der Waals surface area contributed by atoms with Crippen LogP contribution in [-0.4, -0.2) is 15.8 Å². The first-order valence-corrected chi connectivity index (χ1v) is 8.25. The molecule has 0 atom stereocenters. The number of hydrogen-bond acceptors (Lipinski definition) is 3. The van der Waals surface area contributed by atoms with Crippen LogP contribution in [0.15, 0.2) is 16.6 Å². The molecule has 0 aromatic carbocycles. The summed E-state index contributed by atoms with van der Waals surface area (Å²) in [6.07, 6.45) is 2.69. The van der Waals surface area contributed by atoms with Gasteiger partial charge in [-0.1, -0.05) is 0 Å². The van der Waals surface area contributed by atoms with E-state index in [1.165, 1.54) is 28.3 Å². The number of thiophene rings is 1. The van der Waals surface area contributed by atoms with E-state index in [0.29, 0.717) is 0 Å². The number of aromatic nitrogens is 2. The van der Waals surface area contributed by atoms with Crippen molar-refractivity contribution in [3.8, 4) is 0 Å². The molecule has 0 spiro atoms. The fraction of sp³-hybridized carbons (Fsp3) is 0.500. The lowest BCUT2D eigenvalue weighted by atomic mass is 10.4. The molecule has 0 saturated heterocycles. The molecule has 1 aliphatic rings. The van der Waals surface area contributed by atoms with Crippen molar-refractivity contribution in [3.05, 3.63) is 37.7 Å². The molecular weight excluding hydrogens is 322 g/mol. The molecule has 2 aromatic rings. The van der Waals surface area contributed by atoms with Crippen LogP contribution < -0.4 is 5.32 Å². The molecule has 0 radical (unpaired) electrons. The van der Waals surface area contributed by atoms with Crippen molar-refractivity contribution < 1.29 is 0 Å². The fourth-order valence-corrected chi connectivity index (χ4v) is 3.35. The summed E-state index contributed by atoms with van der Waals surface area (Å²) < 4.78 is 3.20. The van der Waals surface area contributed by atoms with Crippen molar-refractivity contribution in [2.45, 2.75) is 45.8 Å². The molecule has 0 bridgehead atoms. The van der Waals surface area contributed by atoms with Gasteiger partial charge in [-0.05, 0) is 54.8 Å². The molecular formula is C14H18BrN3S. The van der Waals surface area contributed by atoms with Crippen LogP contribution in [0.5, 0.6) is 0 Å². The summed E-state index contributed by atoms with van der Waals surface area (Å²) in [6.45, 7) is 6.02. The lowest BCUT2D eigenvalue weighted by Crippen LogP contribution is -2.14. The zero-order chi connectivity index (χ0) is 13.4. The van der Waals surface area contributed by atoms with Gasteiger partial charge in [0, 0.05) is 22.3 Å². The summed E-state index contributed by atoms with van der Waals surface area (Å²) >= 11 is 5.46. The lowest BCUT2D eigenvalue weighted by molar-refractivity contribution is 0.665. The molecule has 2 aromatic heterocycles. The van der Waals surface area contributed by atoms with Gasteiger partial charge in [0.15, 0.2) is 0 Å². The molecule has 2 heterocycles. The molecule has 19 heavy (non-hydrogen) atoms. The van der Waals surface area contributed by atoms with Gasteiger partial charge in [0.2, 0.25) is 0 Å². The Bertz CT molecular complexity index is 584. The Balaban J connectivity index is 1.66. The number of rotatable bonds is 5. The van der Waals surface area contributed by atoms with Gasteiger partial charge in [-0.2, -0.15) is 5.10 Å². The largest absolute Gasteiger partial charge is 0.309 e. The van der Waals surface area contributed by atoms with E-state index in [1.54, 1.807) is 0 Å². The highest BCUT2D eigenvalue weighted by Gasteiger charge is 2.20. The average molecular weight is 340 g/mol. The molecule has 1 fully saturated rings. The van der Waals surface area contributed by atoms with E-state index in [0.717, 1.165) is 29.3 Å². The molecule has 0 amide bonds. The lowest BCUT2D eigenvalue weighted by Gasteiger charge is -2.02. The molecule has 3 nitrogen and oxygen atoms in total. The average Bonchev–Trinajstić information content (AvgIpc) is 3.08. The quantitative estimate of drug-likeness (QED) is 0.901. The molecule has 0 aliphatic heterocycles. The number of nitrogens with zero attached hydrogens (tertiary/aromatic N) is 2. The van der Waals surface area contributed by atoms with Gasteiger partial charge in [-0.3, -0.25) is 4.68 Å². The number of aryl methyl sites for hydroxylation is 1. The molecule has 1 N–H and O–H groups in total. The third-order valence-electron chi connectivity index (χ3n) is 3.46. The van der Waals surface area contributed by atoms with E-state index >= 15 is 0 Å². The Morgan fingerprint density at radius 2 is 2.11 bits per heavy atom. The monoisotopic (exact) mass is 339 g/mol. The zero-order valence-corrected chi connectivity index (χ0v) is 13.6. The Morgan fingerprint density at radius 3 is 2.74 bits per heavy atom. The van der Waals surface area contributed by atoms with Crippen molar-refractivity contribution in [3.63, 3.8) is 0 Å². The SMILES string of the molecule is Cc1nn(Cc2ccc(CNC3CC3)s2)c(C)c1Br. The Hall–Kier alpha value is -0.650. The first kappa shape index (κ1) is 13.3. The van der Waals surface area contributed by atoms with Gasteiger partial charge in [0.25, 0.3) is 0 Å². The Labute approximate surface area is 126 Å². The summed E-state index contributed by atoms with van der Waals surface area (Å²) in [6, 6.07) is 5.23. The molecule has 3 rings (SSSR count).